The van der Waals surface area contributed by atoms with Crippen molar-refractivity contribution in [3.8, 4) is 0 Å². The van der Waals surface area contributed by atoms with Crippen molar-refractivity contribution in [2.24, 2.45) is 5.92 Å². The fraction of sp³-hybridized carbons (Fsp3) is 0.400. The molecule has 2 heterocycles. The Hall–Kier alpha value is -2.99. The lowest BCUT2D eigenvalue weighted by Gasteiger charge is -2.35. The second-order valence-electron chi connectivity index (χ2n) is 8.98. The Morgan fingerprint density at radius 1 is 0.903 bits per heavy atom. The summed E-state index contributed by atoms with van der Waals surface area (Å²) in [6.07, 6.45) is 0. The van der Waals surface area contributed by atoms with E-state index in [2.05, 4.69) is 18.7 Å². The summed E-state index contributed by atoms with van der Waals surface area (Å²) in [7, 11) is 0. The van der Waals surface area contributed by atoms with Gasteiger partial charge in [-0.2, -0.15) is 0 Å². The van der Waals surface area contributed by atoms with Gasteiger partial charge >= 0.3 is 0 Å². The van der Waals surface area contributed by atoms with Gasteiger partial charge in [0, 0.05) is 38.3 Å². The normalized spacial score (nSPS) is 16.9. The van der Waals surface area contributed by atoms with Gasteiger partial charge in [-0.15, -0.1) is 0 Å². The highest BCUT2D eigenvalue weighted by atomic mass is 16.2. The number of fused-ring (bicyclic) bond motifs is 1. The Labute approximate surface area is 183 Å². The molecule has 2 aliphatic heterocycles. The summed E-state index contributed by atoms with van der Waals surface area (Å²) in [4.78, 5) is 44.6. The van der Waals surface area contributed by atoms with Crippen LogP contribution in [0.3, 0.4) is 0 Å². The molecule has 4 rings (SSSR count). The van der Waals surface area contributed by atoms with E-state index in [0.29, 0.717) is 41.4 Å². The van der Waals surface area contributed by atoms with E-state index in [4.69, 9.17) is 0 Å². The third-order valence-electron chi connectivity index (χ3n) is 6.02. The predicted octanol–water partition coefficient (Wildman–Crippen LogP) is 3.52. The van der Waals surface area contributed by atoms with Crippen molar-refractivity contribution in [2.45, 2.75) is 27.7 Å². The summed E-state index contributed by atoms with van der Waals surface area (Å²) >= 11 is 0. The number of benzene rings is 2. The van der Waals surface area contributed by atoms with Gasteiger partial charge in [-0.1, -0.05) is 26.0 Å². The molecule has 6 heteroatoms. The Bertz CT molecular complexity index is 1050. The quantitative estimate of drug-likeness (QED) is 0.712. The molecule has 2 aliphatic rings. The third kappa shape index (κ3) is 4.00. The van der Waals surface area contributed by atoms with Crippen molar-refractivity contribution in [2.75, 3.05) is 37.6 Å². The molecule has 1 saturated heterocycles. The molecule has 0 aliphatic carbocycles. The molecule has 2 aromatic rings. The molecule has 1 fully saturated rings. The van der Waals surface area contributed by atoms with Crippen molar-refractivity contribution in [3.05, 3.63) is 64.2 Å². The number of carbonyl (C=O) groups is 3. The molecule has 0 atom stereocenters. The Morgan fingerprint density at radius 3 is 2.26 bits per heavy atom. The molecule has 2 aromatic carbocycles. The molecule has 0 bridgehead atoms. The first kappa shape index (κ1) is 21.2. The molecule has 0 saturated carbocycles. The first-order chi connectivity index (χ1) is 14.8. The minimum Gasteiger partial charge on any atom is -0.336 e. The van der Waals surface area contributed by atoms with Gasteiger partial charge in [0.2, 0.25) is 0 Å². The van der Waals surface area contributed by atoms with Crippen LogP contribution in [0.5, 0.6) is 0 Å². The minimum absolute atomic E-state index is 0.0857. The van der Waals surface area contributed by atoms with Crippen LogP contribution in [0.25, 0.3) is 0 Å². The number of hydrogen-bond donors (Lipinski definition) is 0. The number of amides is 3. The fourth-order valence-corrected chi connectivity index (χ4v) is 4.39. The van der Waals surface area contributed by atoms with Crippen molar-refractivity contribution >= 4 is 23.4 Å². The number of aryl methyl sites for hydroxylation is 2. The van der Waals surface area contributed by atoms with E-state index in [1.165, 1.54) is 4.90 Å². The van der Waals surface area contributed by atoms with Gasteiger partial charge in [-0.3, -0.25) is 19.3 Å². The summed E-state index contributed by atoms with van der Waals surface area (Å²) in [5, 5.41) is 0. The van der Waals surface area contributed by atoms with E-state index in [1.54, 1.807) is 18.2 Å². The van der Waals surface area contributed by atoms with Crippen LogP contribution < -0.4 is 4.90 Å². The maximum Gasteiger partial charge on any atom is 0.266 e. The van der Waals surface area contributed by atoms with Crippen LogP contribution >= 0.6 is 0 Å². The maximum absolute atomic E-state index is 13.1. The maximum atomic E-state index is 13.1. The first-order valence-corrected chi connectivity index (χ1v) is 10.9. The smallest absolute Gasteiger partial charge is 0.266 e. The monoisotopic (exact) mass is 419 g/mol. The molecular weight excluding hydrogens is 390 g/mol. The Balaban J connectivity index is 1.55. The van der Waals surface area contributed by atoms with E-state index in [1.807, 2.05) is 36.9 Å². The lowest BCUT2D eigenvalue weighted by molar-refractivity contribution is 0.0623. The Morgan fingerprint density at radius 2 is 1.58 bits per heavy atom. The number of imide groups is 1. The largest absolute Gasteiger partial charge is 0.336 e. The summed E-state index contributed by atoms with van der Waals surface area (Å²) in [6, 6.07) is 10.6. The number of anilines is 1. The van der Waals surface area contributed by atoms with Crippen LogP contribution in [0.2, 0.25) is 0 Å². The Kier molecular flexibility index (Phi) is 5.67. The van der Waals surface area contributed by atoms with Crippen molar-refractivity contribution in [1.29, 1.82) is 0 Å². The lowest BCUT2D eigenvalue weighted by Crippen LogP contribution is -2.49. The van der Waals surface area contributed by atoms with Gasteiger partial charge in [0.1, 0.15) is 0 Å². The molecule has 6 nitrogen and oxygen atoms in total. The highest BCUT2D eigenvalue weighted by Gasteiger charge is 2.38. The van der Waals surface area contributed by atoms with E-state index < -0.39 is 0 Å². The standard InChI is InChI=1S/C25H29N3O3/c1-16(2)15-26-9-11-27(12-10-26)23(29)19-7-8-20-21(14-19)25(31)28(24(20)30)22-13-17(3)5-6-18(22)4/h5-8,13-14,16H,9-12,15H2,1-4H3. The molecule has 0 N–H and O–H groups in total. The fourth-order valence-electron chi connectivity index (χ4n) is 4.39. The summed E-state index contributed by atoms with van der Waals surface area (Å²) < 4.78 is 0. The highest BCUT2D eigenvalue weighted by molar-refractivity contribution is 6.35. The topological polar surface area (TPSA) is 60.9 Å². The van der Waals surface area contributed by atoms with Crippen molar-refractivity contribution in [1.82, 2.24) is 9.80 Å². The van der Waals surface area contributed by atoms with Crippen molar-refractivity contribution < 1.29 is 14.4 Å². The zero-order valence-electron chi connectivity index (χ0n) is 18.6. The van der Waals surface area contributed by atoms with Crippen LogP contribution in [0, 0.1) is 19.8 Å². The molecular formula is C25H29N3O3. The predicted molar refractivity (Wildman–Crippen MR) is 121 cm³/mol. The summed E-state index contributed by atoms with van der Waals surface area (Å²) in [6.45, 7) is 12.3. The van der Waals surface area contributed by atoms with Crippen LogP contribution in [0.15, 0.2) is 36.4 Å². The van der Waals surface area contributed by atoms with Crippen LogP contribution in [-0.4, -0.2) is 60.2 Å². The van der Waals surface area contributed by atoms with Crippen molar-refractivity contribution in [3.63, 3.8) is 0 Å². The highest BCUT2D eigenvalue weighted by Crippen LogP contribution is 2.32. The zero-order chi connectivity index (χ0) is 22.3. The SMILES string of the molecule is Cc1ccc(C)c(N2C(=O)c3ccc(C(=O)N4CCN(CC(C)C)CC4)cc3C2=O)c1. The van der Waals surface area contributed by atoms with E-state index in [9.17, 15) is 14.4 Å². The number of hydrogen-bond acceptors (Lipinski definition) is 4. The number of piperazine rings is 1. The third-order valence-corrected chi connectivity index (χ3v) is 6.02. The molecule has 0 spiro atoms. The van der Waals surface area contributed by atoms with Gasteiger partial charge in [-0.05, 0) is 55.2 Å². The van der Waals surface area contributed by atoms with E-state index in [-0.39, 0.29) is 17.7 Å². The lowest BCUT2D eigenvalue weighted by atomic mass is 10.0. The van der Waals surface area contributed by atoms with Gasteiger partial charge in [0.25, 0.3) is 17.7 Å². The molecule has 0 radical (unpaired) electrons. The summed E-state index contributed by atoms with van der Waals surface area (Å²) in [5.41, 5.74) is 3.54. The molecule has 0 unspecified atom stereocenters. The van der Waals surface area contributed by atoms with Gasteiger partial charge in [0.15, 0.2) is 0 Å². The van der Waals surface area contributed by atoms with Crippen LogP contribution in [0.4, 0.5) is 5.69 Å². The number of rotatable bonds is 4. The van der Waals surface area contributed by atoms with Gasteiger partial charge in [0.05, 0.1) is 16.8 Å². The van der Waals surface area contributed by atoms with E-state index >= 15 is 0 Å². The molecule has 0 aromatic heterocycles. The van der Waals surface area contributed by atoms with Gasteiger partial charge in [-0.25, -0.2) is 4.90 Å². The summed E-state index contributed by atoms with van der Waals surface area (Å²) in [5.74, 6) is -0.194. The second-order valence-corrected chi connectivity index (χ2v) is 8.98. The first-order valence-electron chi connectivity index (χ1n) is 10.9. The second kappa shape index (κ2) is 8.27. The minimum atomic E-state index is -0.370. The molecule has 31 heavy (non-hydrogen) atoms. The average Bonchev–Trinajstić information content (AvgIpc) is 2.99. The average molecular weight is 420 g/mol. The van der Waals surface area contributed by atoms with E-state index in [0.717, 1.165) is 30.8 Å². The van der Waals surface area contributed by atoms with Gasteiger partial charge < -0.3 is 4.90 Å². The number of carbonyl (C=O) groups excluding carboxylic acids is 3. The molecule has 162 valence electrons. The van der Waals surface area contributed by atoms with Crippen LogP contribution in [0.1, 0.15) is 56.0 Å². The zero-order valence-corrected chi connectivity index (χ0v) is 18.6. The van der Waals surface area contributed by atoms with Crippen LogP contribution in [-0.2, 0) is 0 Å². The number of nitrogens with zero attached hydrogens (tertiary/aromatic N) is 3. The molecule has 3 amide bonds.